The first-order valence-electron chi connectivity index (χ1n) is 20.8. The molecule has 2 amide bonds. The zero-order chi connectivity index (χ0) is 51.1. The molecule has 6 rings (SSSR count). The largest absolute Gasteiger partial charge is 0.483 e. The van der Waals surface area contributed by atoms with Crippen LogP contribution in [0.3, 0.4) is 0 Å². The first-order valence-corrected chi connectivity index (χ1v) is 24.0. The molecule has 24 heteroatoms. The lowest BCUT2D eigenvalue weighted by molar-refractivity contribution is 0.0132. The Morgan fingerprint density at radius 2 is 1.32 bits per heavy atom. The summed E-state index contributed by atoms with van der Waals surface area (Å²) in [7, 11) is -5.65. The van der Waals surface area contributed by atoms with Crippen LogP contribution in [0.4, 0.5) is 27.2 Å². The highest BCUT2D eigenvalue weighted by Gasteiger charge is 2.48. The van der Waals surface area contributed by atoms with Crippen LogP contribution in [0, 0.1) is 11.6 Å². The third-order valence-corrected chi connectivity index (χ3v) is 13.8. The van der Waals surface area contributed by atoms with Gasteiger partial charge in [0.2, 0.25) is 32.0 Å². The van der Waals surface area contributed by atoms with Crippen molar-refractivity contribution in [1.29, 1.82) is 0 Å². The van der Waals surface area contributed by atoms with Crippen LogP contribution in [0.15, 0.2) is 58.4 Å². The maximum atomic E-state index is 15.0. The first kappa shape index (κ1) is 52.7. The minimum atomic E-state index is -4.23. The first-order chi connectivity index (χ1) is 31.1. The Morgan fingerprint density at radius 1 is 0.838 bits per heavy atom. The van der Waals surface area contributed by atoms with Crippen LogP contribution in [0.25, 0.3) is 18.0 Å². The fraction of sp³-hybridized carbons (Fsp3) is 0.455. The molecule has 0 unspecified atom stereocenters. The normalized spacial score (nSPS) is 22.5. The van der Waals surface area contributed by atoms with E-state index in [0.717, 1.165) is 35.6 Å². The Labute approximate surface area is 392 Å². The molecule has 0 spiro atoms. The number of aromatic nitrogens is 2. The van der Waals surface area contributed by atoms with E-state index in [9.17, 15) is 44.0 Å². The van der Waals surface area contributed by atoms with Crippen molar-refractivity contribution in [2.45, 2.75) is 97.6 Å². The number of benzene rings is 2. The fourth-order valence-electron chi connectivity index (χ4n) is 6.79. The van der Waals surface area contributed by atoms with E-state index in [1.54, 1.807) is 48.5 Å². The van der Waals surface area contributed by atoms with E-state index in [2.05, 4.69) is 20.0 Å². The number of imide groups is 1. The lowest BCUT2D eigenvalue weighted by atomic mass is 9.92. The molecule has 2 aromatic carbocycles. The molecular formula is C44H54F4N8O10S2. The number of fused-ring (bicyclic) bond motifs is 1. The number of nitrogens with two attached hydrogens (primary N) is 1. The standard InChI is InChI=1S/C24H33F2N3O6S.C20H21F2N5O4S/c1-15(25)12-16-10-11-18(26)17(13-16)24(8)14-36(32,33)28(9)19(27-24)29(20(30)34-22(2,3)4)21(31)35-23(5,6)7;1-11-9-30-16-8-24-17(25-18(16)31-11)15(22)7-12-4-5-14(21)13(6-12)20(2)10-32(28,29)27(3)19(23)26-20/h10-13H,14H2,1-9H3;4-8,11H,9-10H2,1-3H3,(H2,23,26)/b15-12-;15-7-/t24-;11-,20-/m00/s1. The smallest absolute Gasteiger partial charge is 0.427 e. The SMILES string of the molecule is C/C(F)=C/c1ccc(F)c([C@]2(C)CS(=O)(=O)N(C)C(N(C(=O)OC(C)(C)C)C(=O)OC(C)(C)C)=N2)c1.C[C@H]1COc2cnc(/C(F)=C/c3ccc(F)c([C@]4(C)CS(=O)(=O)N(C)C(N)=N4)c3)nc2O1. The number of ether oxygens (including phenoxy) is 4. The van der Waals surface area contributed by atoms with Gasteiger partial charge in [-0.25, -0.2) is 67.6 Å². The molecule has 4 heterocycles. The van der Waals surface area contributed by atoms with E-state index in [1.165, 1.54) is 58.3 Å². The molecular weight excluding hydrogens is 941 g/mol. The topological polar surface area (TPSA) is 226 Å². The number of nitrogens with zero attached hydrogens (tertiary/aromatic N) is 7. The van der Waals surface area contributed by atoms with Crippen molar-refractivity contribution in [3.63, 3.8) is 0 Å². The number of sulfonamides is 2. The molecule has 3 aromatic rings. The van der Waals surface area contributed by atoms with E-state index in [1.807, 2.05) is 0 Å². The molecule has 0 fully saturated rings. The molecule has 0 radical (unpaired) electrons. The number of hydrogen-bond donors (Lipinski definition) is 1. The number of aliphatic imine (C=N–C) groups is 2. The van der Waals surface area contributed by atoms with E-state index in [4.69, 9.17) is 24.7 Å². The highest BCUT2D eigenvalue weighted by Crippen LogP contribution is 2.38. The molecule has 1 aromatic heterocycles. The van der Waals surface area contributed by atoms with Gasteiger partial charge in [0.05, 0.1) is 23.5 Å². The Hall–Kier alpha value is -6.30. The van der Waals surface area contributed by atoms with Gasteiger partial charge in [-0.05, 0) is 117 Å². The molecule has 0 bridgehead atoms. The molecule has 0 aliphatic carbocycles. The van der Waals surface area contributed by atoms with Crippen molar-refractivity contribution in [1.82, 2.24) is 23.5 Å². The van der Waals surface area contributed by atoms with Gasteiger partial charge in [0.1, 0.15) is 46.6 Å². The maximum Gasteiger partial charge on any atom is 0.427 e. The van der Waals surface area contributed by atoms with E-state index in [-0.39, 0.29) is 46.0 Å². The molecule has 0 saturated heterocycles. The minimum Gasteiger partial charge on any atom is -0.483 e. The van der Waals surface area contributed by atoms with Crippen molar-refractivity contribution in [3.8, 4) is 11.6 Å². The lowest BCUT2D eigenvalue weighted by Crippen LogP contribution is -2.58. The summed E-state index contributed by atoms with van der Waals surface area (Å²) in [6, 6.07) is 7.45. The molecule has 3 atom stereocenters. The van der Waals surface area contributed by atoms with Crippen LogP contribution < -0.4 is 15.2 Å². The molecule has 370 valence electrons. The second kappa shape index (κ2) is 19.0. The molecule has 0 saturated carbocycles. The summed E-state index contributed by atoms with van der Waals surface area (Å²) in [5.41, 5.74) is 0.703. The highest BCUT2D eigenvalue weighted by atomic mass is 32.2. The molecule has 3 aliphatic heterocycles. The Morgan fingerprint density at radius 3 is 1.81 bits per heavy atom. The zero-order valence-electron chi connectivity index (χ0n) is 39.5. The fourth-order valence-corrected chi connectivity index (χ4v) is 9.73. The van der Waals surface area contributed by atoms with Crippen molar-refractivity contribution < 1.29 is 62.9 Å². The number of rotatable bonds is 5. The predicted octanol–water partition coefficient (Wildman–Crippen LogP) is 7.22. The summed E-state index contributed by atoms with van der Waals surface area (Å²) in [5, 5.41) is 0. The quantitative estimate of drug-likeness (QED) is 0.250. The lowest BCUT2D eigenvalue weighted by Gasteiger charge is -2.39. The van der Waals surface area contributed by atoms with Crippen LogP contribution in [0.2, 0.25) is 0 Å². The Kier molecular flexibility index (Phi) is 14.7. The van der Waals surface area contributed by atoms with Gasteiger partial charge in [-0.3, -0.25) is 0 Å². The number of hydrogen-bond acceptors (Lipinski definition) is 15. The zero-order valence-corrected chi connectivity index (χ0v) is 41.1. The van der Waals surface area contributed by atoms with Gasteiger partial charge in [-0.15, -0.1) is 4.90 Å². The summed E-state index contributed by atoms with van der Waals surface area (Å²) in [6.45, 7) is 15.5. The van der Waals surface area contributed by atoms with Gasteiger partial charge in [-0.2, -0.15) is 4.98 Å². The molecule has 18 nitrogen and oxygen atoms in total. The highest BCUT2D eigenvalue weighted by molar-refractivity contribution is 7.90. The third-order valence-electron chi connectivity index (χ3n) is 9.95. The Balaban J connectivity index is 0.000000255. The van der Waals surface area contributed by atoms with Crippen molar-refractivity contribution in [2.75, 3.05) is 32.2 Å². The van der Waals surface area contributed by atoms with E-state index >= 15 is 0 Å². The van der Waals surface area contributed by atoms with Crippen molar-refractivity contribution in [2.24, 2.45) is 15.7 Å². The summed E-state index contributed by atoms with van der Waals surface area (Å²) >= 11 is 0. The average molecular weight is 995 g/mol. The van der Waals surface area contributed by atoms with Gasteiger partial charge >= 0.3 is 12.2 Å². The summed E-state index contributed by atoms with van der Waals surface area (Å²) in [4.78, 5) is 43.1. The number of carbonyl (C=O) groups is 2. The number of guanidine groups is 2. The van der Waals surface area contributed by atoms with Gasteiger partial charge in [0, 0.05) is 25.2 Å². The van der Waals surface area contributed by atoms with Gasteiger partial charge in [-0.1, -0.05) is 12.1 Å². The molecule has 3 aliphatic rings. The third kappa shape index (κ3) is 12.2. The number of halogens is 4. The number of allylic oxidation sites excluding steroid dienone is 1. The molecule has 2 N–H and O–H groups in total. The second-order valence-corrected chi connectivity index (χ2v) is 22.5. The van der Waals surface area contributed by atoms with Crippen LogP contribution in [-0.2, 0) is 40.6 Å². The summed E-state index contributed by atoms with van der Waals surface area (Å²) in [5.74, 6) is -4.68. The molecule has 68 heavy (non-hydrogen) atoms. The predicted molar refractivity (Wildman–Crippen MR) is 245 cm³/mol. The Bertz CT molecular complexity index is 2820. The maximum absolute atomic E-state index is 15.0. The summed E-state index contributed by atoms with van der Waals surface area (Å²) < 4.78 is 132. The minimum absolute atomic E-state index is 0.0319. The number of amides is 2. The van der Waals surface area contributed by atoms with Crippen LogP contribution in [0.1, 0.15) is 97.3 Å². The second-order valence-electron chi connectivity index (χ2n) is 18.5. The van der Waals surface area contributed by atoms with Gasteiger partial charge in [0.15, 0.2) is 17.4 Å². The van der Waals surface area contributed by atoms with Crippen molar-refractivity contribution >= 4 is 62.1 Å². The average Bonchev–Trinajstić information content (AvgIpc) is 3.18. The van der Waals surface area contributed by atoms with Crippen LogP contribution >= 0.6 is 0 Å². The monoisotopic (exact) mass is 994 g/mol. The van der Waals surface area contributed by atoms with Crippen molar-refractivity contribution in [3.05, 3.63) is 88.1 Å². The summed E-state index contributed by atoms with van der Waals surface area (Å²) in [6.07, 6.45) is 0.872. The van der Waals surface area contributed by atoms with E-state index in [0.29, 0.717) is 21.6 Å². The van der Waals surface area contributed by atoms with Crippen LogP contribution in [-0.4, -0.2) is 114 Å². The van der Waals surface area contributed by atoms with Crippen LogP contribution in [0.5, 0.6) is 11.6 Å². The van der Waals surface area contributed by atoms with Gasteiger partial charge in [0.25, 0.3) is 5.88 Å². The number of carbonyl (C=O) groups excluding carboxylic acids is 2. The van der Waals surface area contributed by atoms with Gasteiger partial charge < -0.3 is 24.7 Å². The van der Waals surface area contributed by atoms with E-state index < -0.39 is 95.3 Å².